The molecular weight excluding hydrogens is 515 g/mol. The Morgan fingerprint density at radius 1 is 1.05 bits per heavy atom. The number of aryl methyl sites for hydroxylation is 1. The van der Waals surface area contributed by atoms with Gasteiger partial charge in [-0.2, -0.15) is 13.2 Å². The van der Waals surface area contributed by atoms with Crippen molar-refractivity contribution in [1.82, 2.24) is 5.32 Å². The summed E-state index contributed by atoms with van der Waals surface area (Å²) in [5, 5.41) is 18.5. The van der Waals surface area contributed by atoms with E-state index in [4.69, 9.17) is 26.5 Å². The highest BCUT2D eigenvalue weighted by Crippen LogP contribution is 2.34. The van der Waals surface area contributed by atoms with Gasteiger partial charge < -0.3 is 27.0 Å². The number of hydrogen-bond donors (Lipinski definition) is 5. The predicted octanol–water partition coefficient (Wildman–Crippen LogP) is 3.52. The van der Waals surface area contributed by atoms with Gasteiger partial charge in [-0.1, -0.05) is 44.2 Å². The fourth-order valence-corrected chi connectivity index (χ4v) is 4.41. The number of thiophene rings is 1. The fraction of sp³-hybridized carbons (Fsp3) is 0.417. The number of amides is 2. The number of aliphatic carboxylic acids is 2. The summed E-state index contributed by atoms with van der Waals surface area (Å²) in [5.41, 5.74) is 13.0. The molecule has 0 fully saturated rings. The van der Waals surface area contributed by atoms with Crippen LogP contribution in [0.15, 0.2) is 30.3 Å². The number of benzene rings is 1. The highest BCUT2D eigenvalue weighted by molar-refractivity contribution is 7.14. The predicted molar refractivity (Wildman–Crippen MR) is 131 cm³/mol. The molecule has 3 rings (SSSR count). The zero-order valence-electron chi connectivity index (χ0n) is 20.3. The first-order chi connectivity index (χ1) is 17.2. The summed E-state index contributed by atoms with van der Waals surface area (Å²) in [6.07, 6.45) is -1.05. The Morgan fingerprint density at radius 2 is 1.59 bits per heavy atom. The molecule has 1 aromatic heterocycles. The highest BCUT2D eigenvalue weighted by Gasteiger charge is 2.38. The third-order valence-corrected chi connectivity index (χ3v) is 6.27. The van der Waals surface area contributed by atoms with Gasteiger partial charge in [0, 0.05) is 11.4 Å². The number of nitrogens with two attached hydrogens (primary N) is 2. The van der Waals surface area contributed by atoms with E-state index < -0.39 is 30.1 Å². The maximum Gasteiger partial charge on any atom is 0.490 e. The number of carboxylic acid groups (broad SMARTS) is 2. The minimum Gasteiger partial charge on any atom is -0.480 e. The Morgan fingerprint density at radius 3 is 2.05 bits per heavy atom. The molecule has 0 bridgehead atoms. The number of fused-ring (bicyclic) bond motifs is 1. The van der Waals surface area contributed by atoms with Crippen LogP contribution in [0.5, 0.6) is 0 Å². The molecule has 2 amide bonds. The summed E-state index contributed by atoms with van der Waals surface area (Å²) in [4.78, 5) is 44.7. The minimum absolute atomic E-state index is 0.151. The largest absolute Gasteiger partial charge is 0.490 e. The first-order valence-corrected chi connectivity index (χ1v) is 12.0. The van der Waals surface area contributed by atoms with Crippen molar-refractivity contribution in [3.8, 4) is 0 Å². The smallest absolute Gasteiger partial charge is 0.480 e. The van der Waals surface area contributed by atoms with Gasteiger partial charge in [0.1, 0.15) is 10.9 Å². The number of nitrogens with one attached hydrogen (secondary N) is 1. The number of primary amides is 1. The van der Waals surface area contributed by atoms with Crippen molar-refractivity contribution in [3.05, 3.63) is 56.8 Å². The molecule has 0 aliphatic heterocycles. The van der Waals surface area contributed by atoms with Crippen LogP contribution in [0.25, 0.3) is 0 Å². The van der Waals surface area contributed by atoms with Crippen LogP contribution in [0.3, 0.4) is 0 Å². The first-order valence-electron chi connectivity index (χ1n) is 11.2. The number of carbonyl (C=O) groups excluding carboxylic acids is 2. The van der Waals surface area contributed by atoms with Gasteiger partial charge in [-0.25, -0.2) is 4.79 Å². The van der Waals surface area contributed by atoms with Crippen molar-refractivity contribution in [1.29, 1.82) is 0 Å². The van der Waals surface area contributed by atoms with Crippen LogP contribution in [0.2, 0.25) is 0 Å². The molecule has 1 aliphatic carbocycles. The van der Waals surface area contributed by atoms with E-state index in [0.29, 0.717) is 28.5 Å². The standard InChI is InChI=1S/C14H20N2O2S.C8H9NO2.C2HF3O2/c1-8(2)7-16-14(18)11-9-5-3-4-6-10(9)19-12(11)13(15)17;9-7(8(10)11)6-4-2-1-3-5-6;3-2(4,5)1(6)7/h8H,3-7H2,1-2H3,(H2,15,17)(H,16,18);1-5,7H,9H2,(H,10,11);(H,6,7)/t;7-;/m.0./s1. The normalized spacial score (nSPS) is 13.2. The van der Waals surface area contributed by atoms with Gasteiger partial charge in [0.25, 0.3) is 11.8 Å². The SMILES string of the molecule is CC(C)CNC(=O)c1c(C(N)=O)sc2c1CCCC2.N[C@H](C(=O)O)c1ccccc1.O=C(O)C(F)(F)F. The molecule has 1 aromatic carbocycles. The van der Waals surface area contributed by atoms with Crippen LogP contribution in [-0.4, -0.2) is 46.7 Å². The molecule has 204 valence electrons. The zero-order chi connectivity index (χ0) is 28.3. The second-order valence-corrected chi connectivity index (χ2v) is 9.52. The van der Waals surface area contributed by atoms with Gasteiger partial charge in [-0.15, -0.1) is 11.3 Å². The molecule has 0 radical (unpaired) electrons. The molecular formula is C24H30F3N3O6S. The van der Waals surface area contributed by atoms with Crippen molar-refractivity contribution < 1.29 is 42.6 Å². The quantitative estimate of drug-likeness (QED) is 0.369. The lowest BCUT2D eigenvalue weighted by atomic mass is 9.94. The van der Waals surface area contributed by atoms with Gasteiger partial charge in [0.05, 0.1) is 5.56 Å². The van der Waals surface area contributed by atoms with E-state index in [2.05, 4.69) is 5.32 Å². The number of carboxylic acids is 2. The maximum atomic E-state index is 12.3. The topological polar surface area (TPSA) is 173 Å². The van der Waals surface area contributed by atoms with Crippen LogP contribution in [0.4, 0.5) is 13.2 Å². The van der Waals surface area contributed by atoms with Crippen molar-refractivity contribution in [2.75, 3.05) is 6.54 Å². The molecule has 2 aromatic rings. The highest BCUT2D eigenvalue weighted by atomic mass is 32.1. The maximum absolute atomic E-state index is 12.3. The van der Waals surface area contributed by atoms with Crippen LogP contribution in [0.1, 0.15) is 68.8 Å². The Balaban J connectivity index is 0.000000321. The first kappa shape index (κ1) is 31.6. The van der Waals surface area contributed by atoms with Gasteiger partial charge >= 0.3 is 18.1 Å². The summed E-state index contributed by atoms with van der Waals surface area (Å²) in [5.74, 6) is -4.02. The van der Waals surface area contributed by atoms with E-state index in [1.807, 2.05) is 19.9 Å². The van der Waals surface area contributed by atoms with Crippen molar-refractivity contribution in [2.24, 2.45) is 17.4 Å². The molecule has 13 heteroatoms. The van der Waals surface area contributed by atoms with Gasteiger partial charge in [0.15, 0.2) is 0 Å². The Kier molecular flexibility index (Phi) is 12.2. The monoisotopic (exact) mass is 545 g/mol. The molecule has 1 heterocycles. The molecule has 0 saturated heterocycles. The molecule has 0 spiro atoms. The summed E-state index contributed by atoms with van der Waals surface area (Å²) in [6.45, 7) is 4.69. The summed E-state index contributed by atoms with van der Waals surface area (Å²) in [6, 6.07) is 7.82. The van der Waals surface area contributed by atoms with Crippen LogP contribution in [-0.2, 0) is 22.4 Å². The third kappa shape index (κ3) is 10.2. The van der Waals surface area contributed by atoms with E-state index >= 15 is 0 Å². The van der Waals surface area contributed by atoms with E-state index in [1.54, 1.807) is 24.3 Å². The molecule has 9 nitrogen and oxygen atoms in total. The third-order valence-electron chi connectivity index (χ3n) is 4.96. The molecule has 0 saturated carbocycles. The molecule has 7 N–H and O–H groups in total. The molecule has 1 aliphatic rings. The number of hydrogen-bond acceptors (Lipinski definition) is 6. The number of carbonyl (C=O) groups is 4. The van der Waals surface area contributed by atoms with Gasteiger partial charge in [-0.05, 0) is 42.7 Å². The number of rotatable bonds is 6. The molecule has 37 heavy (non-hydrogen) atoms. The Hall–Kier alpha value is -3.45. The summed E-state index contributed by atoms with van der Waals surface area (Å²) >= 11 is 1.40. The Bertz CT molecular complexity index is 1090. The lowest BCUT2D eigenvalue weighted by molar-refractivity contribution is -0.192. The van der Waals surface area contributed by atoms with Crippen molar-refractivity contribution >= 4 is 35.1 Å². The summed E-state index contributed by atoms with van der Waals surface area (Å²) < 4.78 is 31.7. The zero-order valence-corrected chi connectivity index (χ0v) is 21.1. The van der Waals surface area contributed by atoms with Crippen molar-refractivity contribution in [2.45, 2.75) is 51.7 Å². The number of halogens is 3. The fourth-order valence-electron chi connectivity index (χ4n) is 3.17. The van der Waals surface area contributed by atoms with Crippen LogP contribution >= 0.6 is 11.3 Å². The minimum atomic E-state index is -5.08. The van der Waals surface area contributed by atoms with Gasteiger partial charge in [0.2, 0.25) is 0 Å². The van der Waals surface area contributed by atoms with E-state index in [1.165, 1.54) is 11.3 Å². The van der Waals surface area contributed by atoms with Crippen molar-refractivity contribution in [3.63, 3.8) is 0 Å². The van der Waals surface area contributed by atoms with E-state index in [-0.39, 0.29) is 5.91 Å². The molecule has 1 atom stereocenters. The van der Waals surface area contributed by atoms with Crippen LogP contribution < -0.4 is 16.8 Å². The lowest BCUT2D eigenvalue weighted by Gasteiger charge is -2.13. The summed E-state index contributed by atoms with van der Waals surface area (Å²) in [7, 11) is 0. The van der Waals surface area contributed by atoms with E-state index in [9.17, 15) is 27.6 Å². The average Bonchev–Trinajstić information content (AvgIpc) is 3.23. The average molecular weight is 546 g/mol. The molecule has 0 unspecified atom stereocenters. The van der Waals surface area contributed by atoms with E-state index in [0.717, 1.165) is 36.1 Å². The second kappa shape index (κ2) is 14.3. The number of alkyl halides is 3. The van der Waals surface area contributed by atoms with Gasteiger partial charge in [-0.3, -0.25) is 14.4 Å². The van der Waals surface area contributed by atoms with Crippen LogP contribution in [0, 0.1) is 5.92 Å². The lowest BCUT2D eigenvalue weighted by Crippen LogP contribution is -2.30. The Labute approximate surface area is 215 Å². The second-order valence-electron chi connectivity index (χ2n) is 8.41.